The number of rotatable bonds is 6. The Morgan fingerprint density at radius 1 is 1.28 bits per heavy atom. The average Bonchev–Trinajstić information content (AvgIpc) is 2.37. The highest BCUT2D eigenvalue weighted by atomic mass is 16.2. The van der Waals surface area contributed by atoms with E-state index in [0.717, 1.165) is 37.6 Å². The number of anilines is 1. The van der Waals surface area contributed by atoms with Crippen LogP contribution in [0.25, 0.3) is 0 Å². The van der Waals surface area contributed by atoms with Crippen molar-refractivity contribution in [3.05, 3.63) is 23.4 Å². The maximum Gasteiger partial charge on any atom is 0.254 e. The number of hydrogen-bond acceptors (Lipinski definition) is 3. The molecule has 0 atom stereocenters. The van der Waals surface area contributed by atoms with Crippen LogP contribution in [-0.4, -0.2) is 35.4 Å². The Morgan fingerprint density at radius 2 is 1.94 bits per heavy atom. The molecule has 0 spiro atoms. The van der Waals surface area contributed by atoms with E-state index in [1.165, 1.54) is 0 Å². The molecule has 0 fully saturated rings. The van der Waals surface area contributed by atoms with E-state index < -0.39 is 0 Å². The number of amides is 1. The van der Waals surface area contributed by atoms with Crippen molar-refractivity contribution < 1.29 is 4.79 Å². The zero-order valence-corrected chi connectivity index (χ0v) is 11.8. The number of hydrogen-bond donors (Lipinski definition) is 1. The Bertz CT molecular complexity index is 400. The largest absolute Gasteiger partial charge is 0.370 e. The van der Waals surface area contributed by atoms with Crippen molar-refractivity contribution in [2.24, 2.45) is 0 Å². The summed E-state index contributed by atoms with van der Waals surface area (Å²) in [6.07, 6.45) is 1.04. The monoisotopic (exact) mass is 249 g/mol. The lowest BCUT2D eigenvalue weighted by Crippen LogP contribution is -2.30. The van der Waals surface area contributed by atoms with Crippen molar-refractivity contribution in [2.75, 3.05) is 25.0 Å². The lowest BCUT2D eigenvalue weighted by molar-refractivity contribution is 0.0773. The van der Waals surface area contributed by atoms with Gasteiger partial charge in [-0.3, -0.25) is 4.79 Å². The molecule has 4 nitrogen and oxygen atoms in total. The van der Waals surface area contributed by atoms with Gasteiger partial charge in [0.15, 0.2) is 0 Å². The van der Waals surface area contributed by atoms with Gasteiger partial charge in [-0.1, -0.05) is 6.92 Å². The molecule has 1 aromatic rings. The van der Waals surface area contributed by atoms with Gasteiger partial charge < -0.3 is 10.2 Å². The van der Waals surface area contributed by atoms with E-state index in [9.17, 15) is 4.79 Å². The summed E-state index contributed by atoms with van der Waals surface area (Å²) in [6.45, 7) is 10.3. The van der Waals surface area contributed by atoms with Gasteiger partial charge in [0.1, 0.15) is 5.82 Å². The van der Waals surface area contributed by atoms with Crippen LogP contribution in [0.1, 0.15) is 43.2 Å². The van der Waals surface area contributed by atoms with Crippen LogP contribution in [0.2, 0.25) is 0 Å². The van der Waals surface area contributed by atoms with E-state index in [0.29, 0.717) is 5.56 Å². The molecule has 1 rings (SSSR count). The quantitative estimate of drug-likeness (QED) is 0.843. The van der Waals surface area contributed by atoms with E-state index in [1.54, 1.807) is 0 Å². The minimum atomic E-state index is 0.0741. The lowest BCUT2D eigenvalue weighted by Gasteiger charge is -2.19. The predicted octanol–water partition coefficient (Wildman–Crippen LogP) is 2.69. The first-order valence-corrected chi connectivity index (χ1v) is 6.64. The van der Waals surface area contributed by atoms with Crippen molar-refractivity contribution >= 4 is 11.7 Å². The smallest absolute Gasteiger partial charge is 0.254 e. The highest BCUT2D eigenvalue weighted by molar-refractivity contribution is 5.95. The second-order valence-electron chi connectivity index (χ2n) is 4.29. The topological polar surface area (TPSA) is 45.2 Å². The molecule has 0 radical (unpaired) electrons. The van der Waals surface area contributed by atoms with Gasteiger partial charge in [0, 0.05) is 30.9 Å². The number of nitrogens with one attached hydrogen (secondary N) is 1. The number of carbonyl (C=O) groups excluding carboxylic acids is 1. The molecule has 0 saturated heterocycles. The zero-order valence-electron chi connectivity index (χ0n) is 11.8. The van der Waals surface area contributed by atoms with Crippen LogP contribution in [0.5, 0.6) is 0 Å². The van der Waals surface area contributed by atoms with Gasteiger partial charge in [0.25, 0.3) is 5.91 Å². The molecule has 0 aliphatic rings. The Hall–Kier alpha value is -1.58. The first kappa shape index (κ1) is 14.5. The Kier molecular flexibility index (Phi) is 5.62. The third kappa shape index (κ3) is 3.72. The number of pyridine rings is 1. The SMILES string of the molecule is CCCNc1cc(C(=O)N(CC)CC)cc(C)n1. The molecular weight excluding hydrogens is 226 g/mol. The van der Waals surface area contributed by atoms with Crippen molar-refractivity contribution in [1.82, 2.24) is 9.88 Å². The first-order valence-electron chi connectivity index (χ1n) is 6.64. The van der Waals surface area contributed by atoms with Gasteiger partial charge in [-0.2, -0.15) is 0 Å². The zero-order chi connectivity index (χ0) is 13.5. The maximum absolute atomic E-state index is 12.3. The Balaban J connectivity index is 2.94. The summed E-state index contributed by atoms with van der Waals surface area (Å²) >= 11 is 0. The molecule has 4 heteroatoms. The normalized spacial score (nSPS) is 10.2. The summed E-state index contributed by atoms with van der Waals surface area (Å²) in [7, 11) is 0. The van der Waals surface area contributed by atoms with Crippen LogP contribution < -0.4 is 5.32 Å². The third-order valence-corrected chi connectivity index (χ3v) is 2.81. The standard InChI is InChI=1S/C14H23N3O/c1-5-8-15-13-10-12(9-11(4)16-13)14(18)17(6-2)7-3/h9-10H,5-8H2,1-4H3,(H,15,16). The number of aryl methyl sites for hydroxylation is 1. The maximum atomic E-state index is 12.3. The second-order valence-corrected chi connectivity index (χ2v) is 4.29. The summed E-state index contributed by atoms with van der Waals surface area (Å²) in [5.74, 6) is 0.859. The van der Waals surface area contributed by atoms with Gasteiger partial charge in [-0.05, 0) is 39.3 Å². The van der Waals surface area contributed by atoms with Crippen LogP contribution in [0, 0.1) is 6.92 Å². The molecule has 0 bridgehead atoms. The lowest BCUT2D eigenvalue weighted by atomic mass is 10.2. The van der Waals surface area contributed by atoms with E-state index in [4.69, 9.17) is 0 Å². The molecule has 1 N–H and O–H groups in total. The fraction of sp³-hybridized carbons (Fsp3) is 0.571. The summed E-state index contributed by atoms with van der Waals surface area (Å²) in [4.78, 5) is 18.5. The second kappa shape index (κ2) is 6.99. The van der Waals surface area contributed by atoms with E-state index >= 15 is 0 Å². The van der Waals surface area contributed by atoms with E-state index in [-0.39, 0.29) is 5.91 Å². The molecule has 100 valence electrons. The third-order valence-electron chi connectivity index (χ3n) is 2.81. The fourth-order valence-corrected chi connectivity index (χ4v) is 1.83. The van der Waals surface area contributed by atoms with Gasteiger partial charge in [0.05, 0.1) is 0 Å². The van der Waals surface area contributed by atoms with E-state index in [2.05, 4.69) is 17.2 Å². The van der Waals surface area contributed by atoms with Crippen LogP contribution in [0.15, 0.2) is 12.1 Å². The minimum absolute atomic E-state index is 0.0741. The van der Waals surface area contributed by atoms with Crippen molar-refractivity contribution in [3.63, 3.8) is 0 Å². The molecule has 0 aliphatic carbocycles. The van der Waals surface area contributed by atoms with Crippen LogP contribution >= 0.6 is 0 Å². The van der Waals surface area contributed by atoms with Gasteiger partial charge in [0.2, 0.25) is 0 Å². The molecule has 1 heterocycles. The first-order chi connectivity index (χ1) is 8.62. The Morgan fingerprint density at radius 3 is 2.50 bits per heavy atom. The van der Waals surface area contributed by atoms with E-state index in [1.807, 2.05) is 37.8 Å². The van der Waals surface area contributed by atoms with Gasteiger partial charge in [-0.25, -0.2) is 4.98 Å². The fourth-order valence-electron chi connectivity index (χ4n) is 1.83. The number of nitrogens with zero attached hydrogens (tertiary/aromatic N) is 2. The Labute approximate surface area is 109 Å². The van der Waals surface area contributed by atoms with Crippen molar-refractivity contribution in [2.45, 2.75) is 34.1 Å². The summed E-state index contributed by atoms with van der Waals surface area (Å²) in [6, 6.07) is 3.68. The molecule has 0 saturated carbocycles. The summed E-state index contributed by atoms with van der Waals surface area (Å²) in [5, 5.41) is 3.22. The highest BCUT2D eigenvalue weighted by Crippen LogP contribution is 2.12. The van der Waals surface area contributed by atoms with Crippen molar-refractivity contribution in [3.8, 4) is 0 Å². The average molecular weight is 249 g/mol. The molecule has 1 aromatic heterocycles. The molecular formula is C14H23N3O. The van der Waals surface area contributed by atoms with Gasteiger partial charge in [-0.15, -0.1) is 0 Å². The molecule has 0 aliphatic heterocycles. The molecule has 18 heavy (non-hydrogen) atoms. The minimum Gasteiger partial charge on any atom is -0.370 e. The predicted molar refractivity (Wildman–Crippen MR) is 75.0 cm³/mol. The molecule has 0 unspecified atom stereocenters. The highest BCUT2D eigenvalue weighted by Gasteiger charge is 2.13. The molecule has 1 amide bonds. The number of carbonyl (C=O) groups is 1. The van der Waals surface area contributed by atoms with Crippen LogP contribution in [0.4, 0.5) is 5.82 Å². The summed E-state index contributed by atoms with van der Waals surface area (Å²) in [5.41, 5.74) is 1.58. The van der Waals surface area contributed by atoms with Crippen LogP contribution in [0.3, 0.4) is 0 Å². The summed E-state index contributed by atoms with van der Waals surface area (Å²) < 4.78 is 0. The van der Waals surface area contributed by atoms with Gasteiger partial charge >= 0.3 is 0 Å². The van der Waals surface area contributed by atoms with Crippen LogP contribution in [-0.2, 0) is 0 Å². The number of aromatic nitrogens is 1. The molecule has 0 aromatic carbocycles. The van der Waals surface area contributed by atoms with Crippen molar-refractivity contribution in [1.29, 1.82) is 0 Å².